The molecule has 3 rings (SSSR count). The summed E-state index contributed by atoms with van der Waals surface area (Å²) >= 11 is 1.89. The second-order valence-electron chi connectivity index (χ2n) is 5.45. The van der Waals surface area contributed by atoms with Gasteiger partial charge in [0.15, 0.2) is 5.17 Å². The Morgan fingerprint density at radius 2 is 2.28 bits per heavy atom. The van der Waals surface area contributed by atoms with Gasteiger partial charge in [-0.15, -0.1) is 0 Å². The lowest BCUT2D eigenvalue weighted by molar-refractivity contribution is 0.358. The molecular formula is C13H20N4S. The molecule has 0 bridgehead atoms. The third kappa shape index (κ3) is 2.55. The molecule has 1 fully saturated rings. The van der Waals surface area contributed by atoms with Gasteiger partial charge in [-0.1, -0.05) is 24.6 Å². The second kappa shape index (κ2) is 4.96. The van der Waals surface area contributed by atoms with Crippen LogP contribution in [0.4, 0.5) is 0 Å². The van der Waals surface area contributed by atoms with E-state index in [9.17, 15) is 0 Å². The summed E-state index contributed by atoms with van der Waals surface area (Å²) in [5.41, 5.74) is 1.60. The molecule has 18 heavy (non-hydrogen) atoms. The number of rotatable bonds is 2. The number of hydrogen-bond donors (Lipinski definition) is 1. The van der Waals surface area contributed by atoms with Crippen molar-refractivity contribution in [2.75, 3.05) is 12.3 Å². The minimum Gasteiger partial charge on any atom is -0.359 e. The molecule has 0 saturated heterocycles. The molecule has 1 aromatic rings. The summed E-state index contributed by atoms with van der Waals surface area (Å²) in [7, 11) is 1.94. The molecule has 1 aliphatic heterocycles. The van der Waals surface area contributed by atoms with Crippen molar-refractivity contribution in [3.63, 3.8) is 0 Å². The fraction of sp³-hybridized carbons (Fsp3) is 0.692. The maximum absolute atomic E-state index is 4.72. The standard InChI is InChI=1S/C13H20N4S/c1-17-7-4-11(16-17)8-14-12-15-9-13(10-18-12)5-2-3-6-13/h4,7H,2-3,5-6,8-10H2,1H3,(H,14,15). The Morgan fingerprint density at radius 3 is 2.89 bits per heavy atom. The topological polar surface area (TPSA) is 42.2 Å². The summed E-state index contributed by atoms with van der Waals surface area (Å²) in [5.74, 6) is 1.24. The van der Waals surface area contributed by atoms with Crippen LogP contribution in [0, 0.1) is 5.41 Å². The maximum atomic E-state index is 4.72. The smallest absolute Gasteiger partial charge is 0.156 e. The van der Waals surface area contributed by atoms with Gasteiger partial charge in [0.25, 0.3) is 0 Å². The molecule has 2 aliphatic rings. The summed E-state index contributed by atoms with van der Waals surface area (Å²) in [6.07, 6.45) is 7.51. The molecule has 0 aromatic carbocycles. The Morgan fingerprint density at radius 1 is 1.44 bits per heavy atom. The monoisotopic (exact) mass is 264 g/mol. The number of aromatic nitrogens is 2. The van der Waals surface area contributed by atoms with Crippen LogP contribution in [0.5, 0.6) is 0 Å². The summed E-state index contributed by atoms with van der Waals surface area (Å²) < 4.78 is 1.83. The Kier molecular flexibility index (Phi) is 3.33. The van der Waals surface area contributed by atoms with Crippen molar-refractivity contribution in [2.45, 2.75) is 32.2 Å². The van der Waals surface area contributed by atoms with Gasteiger partial charge in [0.2, 0.25) is 0 Å². The van der Waals surface area contributed by atoms with E-state index in [4.69, 9.17) is 4.99 Å². The molecule has 0 atom stereocenters. The van der Waals surface area contributed by atoms with Gasteiger partial charge >= 0.3 is 0 Å². The first-order valence-corrected chi connectivity index (χ1v) is 7.64. The highest BCUT2D eigenvalue weighted by Crippen LogP contribution is 2.43. The Hall–Kier alpha value is -0.970. The molecule has 4 nitrogen and oxygen atoms in total. The van der Waals surface area contributed by atoms with Crippen molar-refractivity contribution < 1.29 is 0 Å². The molecule has 1 spiro atoms. The zero-order valence-electron chi connectivity index (χ0n) is 10.9. The highest BCUT2D eigenvalue weighted by atomic mass is 32.2. The van der Waals surface area contributed by atoms with E-state index < -0.39 is 0 Å². The van der Waals surface area contributed by atoms with Gasteiger partial charge in [-0.3, -0.25) is 9.67 Å². The van der Waals surface area contributed by atoms with Crippen LogP contribution in [0.2, 0.25) is 0 Å². The summed E-state index contributed by atoms with van der Waals surface area (Å²) in [6.45, 7) is 1.80. The first-order chi connectivity index (χ1) is 8.76. The normalized spacial score (nSPS) is 22.2. The Labute approximate surface area is 112 Å². The molecule has 0 unspecified atom stereocenters. The Bertz CT molecular complexity index is 446. The van der Waals surface area contributed by atoms with Crippen LogP contribution in [0.3, 0.4) is 0 Å². The van der Waals surface area contributed by atoms with E-state index in [1.807, 2.05) is 35.8 Å². The van der Waals surface area contributed by atoms with Gasteiger partial charge in [0.1, 0.15) is 0 Å². The first-order valence-electron chi connectivity index (χ1n) is 6.65. The number of aliphatic imine (C=N–C) groups is 1. The molecule has 1 N–H and O–H groups in total. The fourth-order valence-corrected chi connectivity index (χ4v) is 3.96. The van der Waals surface area contributed by atoms with Crippen LogP contribution in [0.1, 0.15) is 31.4 Å². The van der Waals surface area contributed by atoms with Gasteiger partial charge in [0.05, 0.1) is 12.2 Å². The first kappa shape index (κ1) is 12.1. The van der Waals surface area contributed by atoms with Crippen molar-refractivity contribution in [1.82, 2.24) is 15.1 Å². The van der Waals surface area contributed by atoms with Gasteiger partial charge in [-0.05, 0) is 24.3 Å². The molecule has 1 aliphatic carbocycles. The zero-order valence-corrected chi connectivity index (χ0v) is 11.7. The summed E-state index contributed by atoms with van der Waals surface area (Å²) in [6, 6.07) is 2.04. The van der Waals surface area contributed by atoms with Crippen molar-refractivity contribution in [3.8, 4) is 0 Å². The lowest BCUT2D eigenvalue weighted by Crippen LogP contribution is -2.33. The quantitative estimate of drug-likeness (QED) is 0.890. The van der Waals surface area contributed by atoms with Crippen LogP contribution in [0.15, 0.2) is 17.3 Å². The van der Waals surface area contributed by atoms with Crippen LogP contribution in [-0.2, 0) is 13.6 Å². The third-order valence-electron chi connectivity index (χ3n) is 3.93. The van der Waals surface area contributed by atoms with E-state index in [-0.39, 0.29) is 0 Å². The largest absolute Gasteiger partial charge is 0.359 e. The van der Waals surface area contributed by atoms with Crippen molar-refractivity contribution in [1.29, 1.82) is 0 Å². The van der Waals surface area contributed by atoms with Crippen LogP contribution in [0.25, 0.3) is 0 Å². The number of amidine groups is 1. The third-order valence-corrected chi connectivity index (χ3v) is 5.23. The molecule has 5 heteroatoms. The lowest BCUT2D eigenvalue weighted by atomic mass is 9.89. The van der Waals surface area contributed by atoms with Crippen molar-refractivity contribution in [3.05, 3.63) is 18.0 Å². The van der Waals surface area contributed by atoms with Crippen molar-refractivity contribution in [2.24, 2.45) is 17.5 Å². The molecule has 98 valence electrons. The SMILES string of the molecule is Cn1ccc(CNC2=NCC3(CCCC3)CS2)n1. The predicted octanol–water partition coefficient (Wildman–Crippen LogP) is 2.17. The number of aryl methyl sites for hydroxylation is 1. The molecular weight excluding hydrogens is 244 g/mol. The Balaban J connectivity index is 1.54. The predicted molar refractivity (Wildman–Crippen MR) is 75.7 cm³/mol. The van der Waals surface area contributed by atoms with Gasteiger partial charge < -0.3 is 5.32 Å². The number of thioether (sulfide) groups is 1. The van der Waals surface area contributed by atoms with E-state index in [0.29, 0.717) is 5.41 Å². The zero-order chi connectivity index (χ0) is 12.4. The van der Waals surface area contributed by atoms with Crippen LogP contribution < -0.4 is 5.32 Å². The minimum absolute atomic E-state index is 0.529. The number of nitrogens with zero attached hydrogens (tertiary/aromatic N) is 3. The summed E-state index contributed by atoms with van der Waals surface area (Å²) in [5, 5.41) is 8.85. The van der Waals surface area contributed by atoms with E-state index in [1.165, 1.54) is 31.4 Å². The van der Waals surface area contributed by atoms with Gasteiger partial charge in [0, 0.05) is 25.5 Å². The average molecular weight is 264 g/mol. The number of nitrogens with one attached hydrogen (secondary N) is 1. The summed E-state index contributed by atoms with van der Waals surface area (Å²) in [4.78, 5) is 4.72. The van der Waals surface area contributed by atoms with Crippen LogP contribution in [-0.4, -0.2) is 27.2 Å². The highest BCUT2D eigenvalue weighted by molar-refractivity contribution is 8.13. The highest BCUT2D eigenvalue weighted by Gasteiger charge is 2.36. The molecule has 1 saturated carbocycles. The van der Waals surface area contributed by atoms with E-state index >= 15 is 0 Å². The molecule has 0 amide bonds. The maximum Gasteiger partial charge on any atom is 0.156 e. The van der Waals surface area contributed by atoms with Crippen LogP contribution >= 0.6 is 11.8 Å². The minimum atomic E-state index is 0.529. The van der Waals surface area contributed by atoms with Crippen molar-refractivity contribution >= 4 is 16.9 Å². The van der Waals surface area contributed by atoms with E-state index in [1.54, 1.807) is 0 Å². The molecule has 1 aromatic heterocycles. The number of hydrogen-bond acceptors (Lipinski definition) is 4. The second-order valence-corrected chi connectivity index (χ2v) is 6.42. The van der Waals surface area contributed by atoms with E-state index in [0.717, 1.165) is 24.0 Å². The fourth-order valence-electron chi connectivity index (χ4n) is 2.81. The van der Waals surface area contributed by atoms with E-state index in [2.05, 4.69) is 10.4 Å². The lowest BCUT2D eigenvalue weighted by Gasteiger charge is -2.30. The average Bonchev–Trinajstić information content (AvgIpc) is 2.99. The van der Waals surface area contributed by atoms with Gasteiger partial charge in [-0.25, -0.2) is 0 Å². The van der Waals surface area contributed by atoms with Gasteiger partial charge in [-0.2, -0.15) is 5.10 Å². The molecule has 0 radical (unpaired) electrons. The molecule has 2 heterocycles.